The van der Waals surface area contributed by atoms with Gasteiger partial charge in [-0.25, -0.2) is 0 Å². The molecule has 30 heavy (non-hydrogen) atoms. The standard InChI is InChI=1S/C20H17BrN2O5S2/c1-26-14-8-11(9-15(27-2)17(14)28-3)10-16-19(25)23(20(29)30-16)22-18(24)12-6-4-5-7-13(12)21/h4-10H,1-3H3,(H,22,24)/b16-10-. The molecule has 2 amide bonds. The van der Waals surface area contributed by atoms with Crippen LogP contribution in [0, 0.1) is 0 Å². The molecule has 156 valence electrons. The Balaban J connectivity index is 1.86. The third-order valence-electron chi connectivity index (χ3n) is 4.11. The van der Waals surface area contributed by atoms with Crippen LogP contribution in [-0.2, 0) is 4.79 Å². The van der Waals surface area contributed by atoms with Crippen LogP contribution in [0.3, 0.4) is 0 Å². The van der Waals surface area contributed by atoms with Crippen LogP contribution in [-0.4, -0.2) is 42.5 Å². The van der Waals surface area contributed by atoms with E-state index >= 15 is 0 Å². The number of nitrogens with one attached hydrogen (secondary N) is 1. The smallest absolute Gasteiger partial charge is 0.285 e. The normalized spacial score (nSPS) is 14.8. The number of benzene rings is 2. The van der Waals surface area contributed by atoms with Crippen molar-refractivity contribution in [3.8, 4) is 17.2 Å². The molecular weight excluding hydrogens is 492 g/mol. The van der Waals surface area contributed by atoms with E-state index < -0.39 is 11.8 Å². The van der Waals surface area contributed by atoms with Gasteiger partial charge >= 0.3 is 0 Å². The van der Waals surface area contributed by atoms with Gasteiger partial charge in [0.2, 0.25) is 5.75 Å². The summed E-state index contributed by atoms with van der Waals surface area (Å²) in [7, 11) is 4.54. The number of carbonyl (C=O) groups is 2. The zero-order valence-corrected chi connectivity index (χ0v) is 19.4. The molecule has 1 fully saturated rings. The lowest BCUT2D eigenvalue weighted by atomic mass is 10.1. The van der Waals surface area contributed by atoms with Crippen molar-refractivity contribution in [1.29, 1.82) is 0 Å². The monoisotopic (exact) mass is 508 g/mol. The highest BCUT2D eigenvalue weighted by Gasteiger charge is 2.34. The van der Waals surface area contributed by atoms with E-state index in [4.69, 9.17) is 26.4 Å². The minimum Gasteiger partial charge on any atom is -0.493 e. The fourth-order valence-electron chi connectivity index (χ4n) is 2.71. The molecule has 2 aromatic carbocycles. The van der Waals surface area contributed by atoms with Gasteiger partial charge in [-0.3, -0.25) is 15.0 Å². The van der Waals surface area contributed by atoms with E-state index in [0.29, 0.717) is 37.8 Å². The lowest BCUT2D eigenvalue weighted by Gasteiger charge is -2.16. The lowest BCUT2D eigenvalue weighted by Crippen LogP contribution is -2.44. The Morgan fingerprint density at radius 2 is 1.77 bits per heavy atom. The van der Waals surface area contributed by atoms with Gasteiger partial charge in [-0.05, 0) is 64.1 Å². The Kier molecular flexibility index (Phi) is 7.01. The van der Waals surface area contributed by atoms with Crippen molar-refractivity contribution in [1.82, 2.24) is 10.4 Å². The van der Waals surface area contributed by atoms with Crippen molar-refractivity contribution >= 4 is 62.1 Å². The molecule has 0 aromatic heterocycles. The number of nitrogens with zero attached hydrogens (tertiary/aromatic N) is 1. The summed E-state index contributed by atoms with van der Waals surface area (Å²) in [5.41, 5.74) is 3.60. The molecule has 0 unspecified atom stereocenters. The largest absolute Gasteiger partial charge is 0.493 e. The summed E-state index contributed by atoms with van der Waals surface area (Å²) < 4.78 is 16.8. The molecule has 7 nitrogen and oxygen atoms in total. The maximum Gasteiger partial charge on any atom is 0.285 e. The van der Waals surface area contributed by atoms with Crippen LogP contribution in [0.1, 0.15) is 15.9 Å². The summed E-state index contributed by atoms with van der Waals surface area (Å²) in [4.78, 5) is 25.7. The molecule has 10 heteroatoms. The highest BCUT2D eigenvalue weighted by Crippen LogP contribution is 2.40. The van der Waals surface area contributed by atoms with Crippen molar-refractivity contribution in [2.75, 3.05) is 21.3 Å². The second-order valence-corrected chi connectivity index (χ2v) is 8.43. The van der Waals surface area contributed by atoms with Gasteiger partial charge < -0.3 is 14.2 Å². The molecule has 0 spiro atoms. The minimum absolute atomic E-state index is 0.221. The highest BCUT2D eigenvalue weighted by molar-refractivity contribution is 9.10. The number of methoxy groups -OCH3 is 3. The lowest BCUT2D eigenvalue weighted by molar-refractivity contribution is -0.123. The van der Waals surface area contributed by atoms with E-state index in [1.165, 1.54) is 21.3 Å². The average Bonchev–Trinajstić information content (AvgIpc) is 3.00. The van der Waals surface area contributed by atoms with Gasteiger partial charge in [0.05, 0.1) is 31.8 Å². The minimum atomic E-state index is -0.451. The topological polar surface area (TPSA) is 77.1 Å². The molecule has 1 heterocycles. The molecule has 1 aliphatic heterocycles. The third-order valence-corrected chi connectivity index (χ3v) is 6.10. The molecule has 0 atom stereocenters. The number of hydrogen-bond acceptors (Lipinski definition) is 7. The molecule has 2 aromatic rings. The van der Waals surface area contributed by atoms with Crippen LogP contribution in [0.5, 0.6) is 17.2 Å². The van der Waals surface area contributed by atoms with Gasteiger partial charge in [0, 0.05) is 4.47 Å². The van der Waals surface area contributed by atoms with Gasteiger partial charge in [0.1, 0.15) is 0 Å². The first-order chi connectivity index (χ1) is 14.4. The van der Waals surface area contributed by atoms with Crippen molar-refractivity contribution in [3.05, 3.63) is 56.9 Å². The van der Waals surface area contributed by atoms with Gasteiger partial charge in [-0.1, -0.05) is 23.9 Å². The first-order valence-corrected chi connectivity index (χ1v) is 10.5. The number of rotatable bonds is 6. The van der Waals surface area contributed by atoms with Gasteiger partial charge in [-0.2, -0.15) is 5.01 Å². The number of hydrazine groups is 1. The Labute approximate surface area is 191 Å². The quantitative estimate of drug-likeness (QED) is 0.466. The number of hydrogen-bond donors (Lipinski definition) is 1. The second-order valence-electron chi connectivity index (χ2n) is 5.90. The molecule has 0 bridgehead atoms. The fraction of sp³-hybridized carbons (Fsp3) is 0.150. The predicted molar refractivity (Wildman–Crippen MR) is 123 cm³/mol. The summed E-state index contributed by atoms with van der Waals surface area (Å²) >= 11 is 9.69. The summed E-state index contributed by atoms with van der Waals surface area (Å²) in [6, 6.07) is 10.3. The Bertz CT molecular complexity index is 1030. The van der Waals surface area contributed by atoms with E-state index in [0.717, 1.165) is 16.8 Å². The van der Waals surface area contributed by atoms with Gasteiger partial charge in [0.25, 0.3) is 11.8 Å². The predicted octanol–water partition coefficient (Wildman–Crippen LogP) is 4.02. The summed E-state index contributed by atoms with van der Waals surface area (Å²) in [5, 5.41) is 1.06. The van der Waals surface area contributed by atoms with Crippen molar-refractivity contribution in [2.45, 2.75) is 0 Å². The third kappa shape index (κ3) is 4.45. The van der Waals surface area contributed by atoms with Crippen LogP contribution >= 0.6 is 39.9 Å². The Morgan fingerprint density at radius 1 is 1.13 bits per heavy atom. The van der Waals surface area contributed by atoms with Gasteiger partial charge in [-0.15, -0.1) is 0 Å². The van der Waals surface area contributed by atoms with Crippen LogP contribution in [0.25, 0.3) is 6.08 Å². The molecule has 0 saturated carbocycles. The molecule has 1 aliphatic rings. The second kappa shape index (κ2) is 9.50. The average molecular weight is 509 g/mol. The van der Waals surface area contributed by atoms with E-state index in [-0.39, 0.29) is 4.32 Å². The summed E-state index contributed by atoms with van der Waals surface area (Å²) in [5.74, 6) is 0.485. The van der Waals surface area contributed by atoms with Crippen molar-refractivity contribution in [3.63, 3.8) is 0 Å². The van der Waals surface area contributed by atoms with E-state index in [1.807, 2.05) is 0 Å². The molecule has 1 saturated heterocycles. The van der Waals surface area contributed by atoms with E-state index in [2.05, 4.69) is 21.4 Å². The summed E-state index contributed by atoms with van der Waals surface area (Å²) in [6.07, 6.45) is 1.65. The van der Waals surface area contributed by atoms with Crippen molar-refractivity contribution < 1.29 is 23.8 Å². The highest BCUT2D eigenvalue weighted by atomic mass is 79.9. The molecule has 0 aliphatic carbocycles. The number of thioether (sulfide) groups is 1. The summed E-state index contributed by atoms with van der Waals surface area (Å²) in [6.45, 7) is 0. The first kappa shape index (κ1) is 22.1. The number of ether oxygens (including phenoxy) is 3. The maximum absolute atomic E-state index is 12.8. The number of thiocarbonyl (C=S) groups is 1. The van der Waals surface area contributed by atoms with Crippen LogP contribution in [0.4, 0.5) is 0 Å². The van der Waals surface area contributed by atoms with E-state index in [1.54, 1.807) is 42.5 Å². The van der Waals surface area contributed by atoms with Crippen LogP contribution in [0.2, 0.25) is 0 Å². The van der Waals surface area contributed by atoms with E-state index in [9.17, 15) is 9.59 Å². The molecule has 3 rings (SSSR count). The zero-order valence-electron chi connectivity index (χ0n) is 16.2. The SMILES string of the molecule is COc1cc(/C=C2\SC(=S)N(NC(=O)c3ccccc3Br)C2=O)cc(OC)c1OC. The van der Waals surface area contributed by atoms with Gasteiger partial charge in [0.15, 0.2) is 15.8 Å². The Morgan fingerprint density at radius 3 is 2.33 bits per heavy atom. The van der Waals surface area contributed by atoms with Crippen LogP contribution in [0.15, 0.2) is 45.8 Å². The number of halogens is 1. The number of amides is 2. The maximum atomic E-state index is 12.8. The zero-order chi connectivity index (χ0) is 21.8. The van der Waals surface area contributed by atoms with Crippen molar-refractivity contribution in [2.24, 2.45) is 0 Å². The Hall–Kier alpha value is -2.56. The molecular formula is C20H17BrN2O5S2. The van der Waals surface area contributed by atoms with Crippen LogP contribution < -0.4 is 19.6 Å². The molecule has 1 N–H and O–H groups in total. The fourth-order valence-corrected chi connectivity index (χ4v) is 4.35. The number of carbonyl (C=O) groups excluding carboxylic acids is 2. The first-order valence-electron chi connectivity index (χ1n) is 8.53. The molecule has 0 radical (unpaired) electrons.